The van der Waals surface area contributed by atoms with Crippen LogP contribution in [-0.2, 0) is 0 Å². The number of benzene rings is 8. The van der Waals surface area contributed by atoms with Gasteiger partial charge in [-0.25, -0.2) is 0 Å². The average molecular weight is 657 g/mol. The molecule has 0 heterocycles. The van der Waals surface area contributed by atoms with Crippen molar-refractivity contribution in [3.05, 3.63) is 193 Å². The summed E-state index contributed by atoms with van der Waals surface area (Å²) in [6.45, 7) is 0. The summed E-state index contributed by atoms with van der Waals surface area (Å²) in [7, 11) is -1.91. The van der Waals surface area contributed by atoms with Crippen LogP contribution >= 0.6 is 27.4 Å². The third-order valence-electron chi connectivity index (χ3n) is 8.65. The molecule has 0 aliphatic rings. The Kier molecular flexibility index (Phi) is 8.42. The van der Waals surface area contributed by atoms with E-state index in [1.807, 2.05) is 0 Å². The lowest BCUT2D eigenvalue weighted by atomic mass is 9.93. The van der Waals surface area contributed by atoms with Crippen LogP contribution in [0.3, 0.4) is 0 Å². The summed E-state index contributed by atoms with van der Waals surface area (Å²) in [5.74, 6) is 0. The van der Waals surface area contributed by atoms with Crippen LogP contribution in [0.4, 0.5) is 0 Å². The van der Waals surface area contributed by atoms with E-state index in [0.29, 0.717) is 0 Å². The van der Waals surface area contributed by atoms with E-state index in [-0.39, 0.29) is 0 Å². The minimum Gasteiger partial charge on any atom is -0.0836 e. The van der Waals surface area contributed by atoms with Gasteiger partial charge >= 0.3 is 0 Å². The Balaban J connectivity index is 1.55. The molecule has 0 aliphatic heterocycles. The Morgan fingerprint density at radius 3 is 1.26 bits per heavy atom. The summed E-state index contributed by atoms with van der Waals surface area (Å²) in [6.07, 6.45) is 0. The third kappa shape index (κ3) is 5.69. The molecule has 0 aromatic heterocycles. The summed E-state index contributed by atoms with van der Waals surface area (Å²) in [4.78, 5) is 0. The molecule has 0 nitrogen and oxygen atoms in total. The summed E-state index contributed by atoms with van der Waals surface area (Å²) < 4.78 is 0. The molecular weight excluding hydrogens is 626 g/mol. The van der Waals surface area contributed by atoms with E-state index in [1.54, 1.807) is 0 Å². The smallest absolute Gasteiger partial charge is 0.0502 e. The van der Waals surface area contributed by atoms with E-state index in [2.05, 4.69) is 188 Å². The highest BCUT2D eigenvalue weighted by atomic mass is 35.5. The van der Waals surface area contributed by atoms with Gasteiger partial charge in [0.25, 0.3) is 0 Å². The summed E-state index contributed by atoms with van der Waals surface area (Å²) >= 11 is 7.59. The first-order valence-corrected chi connectivity index (χ1v) is 18.9. The maximum absolute atomic E-state index is 7.59. The molecule has 0 N–H and O–H groups in total. The SMILES string of the molecule is Clc1cc2ccccc2c(-c2c(P(c3ccccc3)c3ccccc3)ccc3ccccc23)c1P(c1ccccc1)c1ccccc1. The van der Waals surface area contributed by atoms with Gasteiger partial charge in [-0.3, -0.25) is 0 Å². The molecule has 0 unspecified atom stereocenters. The molecule has 0 saturated heterocycles. The van der Waals surface area contributed by atoms with Crippen molar-refractivity contribution in [1.29, 1.82) is 0 Å². The van der Waals surface area contributed by atoms with E-state index in [9.17, 15) is 0 Å². The standard InChI is InChI=1S/C44H31ClP2/c45-40-31-33-18-14-16-28-39(33)43(44(40)47(36-23-9-3-10-24-36)37-25-11-4-12-26-37)42-38-27-15-13-17-32(38)29-30-41(42)46(34-19-5-1-6-20-34)35-21-7-2-8-22-35/h1-31H. The van der Waals surface area contributed by atoms with Crippen LogP contribution in [-0.4, -0.2) is 0 Å². The zero-order chi connectivity index (χ0) is 31.6. The van der Waals surface area contributed by atoms with Crippen molar-refractivity contribution in [1.82, 2.24) is 0 Å². The van der Waals surface area contributed by atoms with Crippen molar-refractivity contribution in [2.75, 3.05) is 0 Å². The number of rotatable bonds is 7. The lowest BCUT2D eigenvalue weighted by Crippen LogP contribution is -2.26. The Hall–Kier alpha value is -4.57. The number of fused-ring (bicyclic) bond motifs is 2. The van der Waals surface area contributed by atoms with Gasteiger partial charge in [-0.1, -0.05) is 194 Å². The summed E-state index contributed by atoms with van der Waals surface area (Å²) in [5.41, 5.74) is 2.51. The largest absolute Gasteiger partial charge is 0.0836 e. The van der Waals surface area contributed by atoms with Gasteiger partial charge in [-0.05, 0) is 75.5 Å². The molecule has 0 amide bonds. The number of hydrogen-bond acceptors (Lipinski definition) is 0. The highest BCUT2D eigenvalue weighted by Gasteiger charge is 2.29. The minimum atomic E-state index is -1.00. The molecule has 8 aromatic carbocycles. The minimum absolute atomic E-state index is 0.806. The van der Waals surface area contributed by atoms with Gasteiger partial charge in [0.15, 0.2) is 0 Å². The van der Waals surface area contributed by atoms with Gasteiger partial charge in [-0.15, -0.1) is 0 Å². The Morgan fingerprint density at radius 1 is 0.340 bits per heavy atom. The highest BCUT2D eigenvalue weighted by molar-refractivity contribution is 7.81. The Morgan fingerprint density at radius 2 is 0.745 bits per heavy atom. The molecule has 0 aliphatic carbocycles. The molecule has 8 aromatic rings. The zero-order valence-corrected chi connectivity index (χ0v) is 28.2. The molecule has 47 heavy (non-hydrogen) atoms. The van der Waals surface area contributed by atoms with E-state index >= 15 is 0 Å². The van der Waals surface area contributed by atoms with Crippen LogP contribution in [0.1, 0.15) is 0 Å². The van der Waals surface area contributed by atoms with Crippen LogP contribution in [0.25, 0.3) is 32.7 Å². The highest BCUT2D eigenvalue weighted by Crippen LogP contribution is 2.47. The first kappa shape index (κ1) is 29.8. The summed E-state index contributed by atoms with van der Waals surface area (Å²) in [5, 5.41) is 13.4. The molecule has 3 heteroatoms. The molecule has 0 radical (unpaired) electrons. The fourth-order valence-electron chi connectivity index (χ4n) is 6.63. The fraction of sp³-hybridized carbons (Fsp3) is 0. The van der Waals surface area contributed by atoms with Crippen molar-refractivity contribution in [2.45, 2.75) is 0 Å². The molecule has 0 fully saturated rings. The van der Waals surface area contributed by atoms with Crippen molar-refractivity contribution >= 4 is 80.8 Å². The van der Waals surface area contributed by atoms with E-state index in [0.717, 1.165) is 10.4 Å². The first-order chi connectivity index (χ1) is 23.3. The third-order valence-corrected chi connectivity index (χ3v) is 14.1. The molecule has 0 saturated carbocycles. The number of hydrogen-bond donors (Lipinski definition) is 0. The number of halogens is 1. The molecule has 224 valence electrons. The van der Waals surface area contributed by atoms with Crippen LogP contribution in [0.5, 0.6) is 0 Å². The lowest BCUT2D eigenvalue weighted by Gasteiger charge is -2.29. The predicted octanol–water partition coefficient (Wildman–Crippen LogP) is 9.83. The Labute approximate surface area is 283 Å². The second-order valence-corrected chi connectivity index (χ2v) is 16.2. The molecule has 8 rings (SSSR count). The second kappa shape index (κ2) is 13.3. The van der Waals surface area contributed by atoms with Crippen molar-refractivity contribution < 1.29 is 0 Å². The van der Waals surface area contributed by atoms with Crippen LogP contribution < -0.4 is 31.8 Å². The zero-order valence-electron chi connectivity index (χ0n) is 25.7. The predicted molar refractivity (Wildman–Crippen MR) is 209 cm³/mol. The normalized spacial score (nSPS) is 11.5. The molecule has 0 spiro atoms. The van der Waals surface area contributed by atoms with E-state index in [4.69, 9.17) is 11.6 Å². The van der Waals surface area contributed by atoms with Gasteiger partial charge in [0, 0.05) is 10.9 Å². The van der Waals surface area contributed by atoms with Crippen molar-refractivity contribution in [3.8, 4) is 11.1 Å². The quantitative estimate of drug-likeness (QED) is 0.150. The first-order valence-electron chi connectivity index (χ1n) is 15.8. The van der Waals surface area contributed by atoms with Gasteiger partial charge in [0.1, 0.15) is 0 Å². The van der Waals surface area contributed by atoms with Crippen LogP contribution in [0.15, 0.2) is 188 Å². The average Bonchev–Trinajstić information content (AvgIpc) is 3.14. The van der Waals surface area contributed by atoms with Crippen molar-refractivity contribution in [2.24, 2.45) is 0 Å². The van der Waals surface area contributed by atoms with Crippen LogP contribution in [0, 0.1) is 0 Å². The molecule has 0 atom stereocenters. The van der Waals surface area contributed by atoms with E-state index < -0.39 is 15.8 Å². The summed E-state index contributed by atoms with van der Waals surface area (Å²) in [6, 6.07) is 68.3. The van der Waals surface area contributed by atoms with E-state index in [1.165, 1.54) is 59.1 Å². The van der Waals surface area contributed by atoms with Gasteiger partial charge in [0.2, 0.25) is 0 Å². The van der Waals surface area contributed by atoms with Gasteiger partial charge in [-0.2, -0.15) is 0 Å². The topological polar surface area (TPSA) is 0 Å². The molecular formula is C44H31ClP2. The fourth-order valence-corrected chi connectivity index (χ4v) is 12.1. The van der Waals surface area contributed by atoms with Gasteiger partial charge in [0.05, 0.1) is 5.02 Å². The van der Waals surface area contributed by atoms with Gasteiger partial charge < -0.3 is 0 Å². The second-order valence-electron chi connectivity index (χ2n) is 11.5. The molecule has 0 bridgehead atoms. The lowest BCUT2D eigenvalue weighted by molar-refractivity contribution is 1.72. The Bertz CT molecular complexity index is 2230. The maximum atomic E-state index is 7.59. The van der Waals surface area contributed by atoms with Crippen LogP contribution in [0.2, 0.25) is 5.02 Å². The maximum Gasteiger partial charge on any atom is 0.0502 e. The monoisotopic (exact) mass is 656 g/mol. The van der Waals surface area contributed by atoms with Crippen molar-refractivity contribution in [3.63, 3.8) is 0 Å².